The number of nitrogens with zero attached hydrogens (tertiary/aromatic N) is 1. The molecule has 4 nitrogen and oxygen atoms in total. The third-order valence-corrected chi connectivity index (χ3v) is 4.35. The Balaban J connectivity index is 2.41. The van der Waals surface area contributed by atoms with Gasteiger partial charge in [0.15, 0.2) is 5.54 Å². The average molecular weight is 228 g/mol. The molecule has 0 aromatic heterocycles. The minimum absolute atomic E-state index is 0.220. The number of rotatable bonds is 1. The van der Waals surface area contributed by atoms with E-state index in [2.05, 4.69) is 11.9 Å². The van der Waals surface area contributed by atoms with E-state index in [4.69, 9.17) is 10.5 Å². The van der Waals surface area contributed by atoms with Crippen LogP contribution in [0.25, 0.3) is 0 Å². The number of primary amides is 1. The van der Waals surface area contributed by atoms with Crippen molar-refractivity contribution in [2.24, 2.45) is 16.6 Å². The number of carbonyl (C=O) groups is 1. The zero-order valence-electron chi connectivity index (χ0n) is 9.03. The van der Waals surface area contributed by atoms with Crippen LogP contribution in [0.1, 0.15) is 20.3 Å². The molecule has 2 aliphatic heterocycles. The van der Waals surface area contributed by atoms with E-state index in [1.165, 1.54) is 0 Å². The highest BCUT2D eigenvalue weighted by molar-refractivity contribution is 8.14. The van der Waals surface area contributed by atoms with Crippen molar-refractivity contribution in [3.63, 3.8) is 0 Å². The summed E-state index contributed by atoms with van der Waals surface area (Å²) in [6.07, 6.45) is 0.869. The van der Waals surface area contributed by atoms with E-state index in [0.29, 0.717) is 18.5 Å². The number of ether oxygens (including phenoxy) is 1. The van der Waals surface area contributed by atoms with Gasteiger partial charge < -0.3 is 10.5 Å². The highest BCUT2D eigenvalue weighted by Crippen LogP contribution is 2.42. The summed E-state index contributed by atoms with van der Waals surface area (Å²) in [5.41, 5.74) is 4.70. The van der Waals surface area contributed by atoms with E-state index in [0.717, 1.165) is 11.5 Å². The molecule has 2 rings (SSSR count). The molecule has 3 atom stereocenters. The normalized spacial score (nSPS) is 40.5. The summed E-state index contributed by atoms with van der Waals surface area (Å²) < 4.78 is 5.38. The second kappa shape index (κ2) is 3.79. The van der Waals surface area contributed by atoms with Crippen LogP contribution < -0.4 is 5.73 Å². The van der Waals surface area contributed by atoms with Crippen molar-refractivity contribution in [1.29, 1.82) is 0 Å². The van der Waals surface area contributed by atoms with E-state index >= 15 is 0 Å². The SMILES string of the molecule is CC1=NC2(C(N)=O)COCCC2C(C)S1. The van der Waals surface area contributed by atoms with Crippen LogP contribution in [-0.2, 0) is 9.53 Å². The Kier molecular flexibility index (Phi) is 2.77. The lowest BCUT2D eigenvalue weighted by atomic mass is 9.78. The second-order valence-corrected chi connectivity index (χ2v) is 5.76. The Morgan fingerprint density at radius 1 is 1.73 bits per heavy atom. The molecule has 1 saturated heterocycles. The molecule has 0 bridgehead atoms. The predicted octanol–water partition coefficient (Wildman–Crippen LogP) is 0.801. The van der Waals surface area contributed by atoms with Crippen LogP contribution in [-0.4, -0.2) is 35.0 Å². The molecule has 2 heterocycles. The standard InChI is InChI=1S/C10H16N2O2S/c1-6-8-3-4-14-5-10(8,9(11)13)12-7(2)15-6/h6,8H,3-5H2,1-2H3,(H2,11,13). The van der Waals surface area contributed by atoms with Gasteiger partial charge >= 0.3 is 0 Å². The molecule has 0 aromatic rings. The highest BCUT2D eigenvalue weighted by atomic mass is 32.2. The molecular formula is C10H16N2O2S. The van der Waals surface area contributed by atoms with Crippen molar-refractivity contribution in [1.82, 2.24) is 0 Å². The van der Waals surface area contributed by atoms with E-state index in [1.807, 2.05) is 6.92 Å². The molecule has 84 valence electrons. The molecule has 2 N–H and O–H groups in total. The lowest BCUT2D eigenvalue weighted by molar-refractivity contribution is -0.131. The fourth-order valence-electron chi connectivity index (χ4n) is 2.49. The zero-order chi connectivity index (χ0) is 11.1. The Morgan fingerprint density at radius 2 is 2.47 bits per heavy atom. The fraction of sp³-hybridized carbons (Fsp3) is 0.800. The first kappa shape index (κ1) is 11.0. The third kappa shape index (κ3) is 1.67. The van der Waals surface area contributed by atoms with Crippen LogP contribution in [0.5, 0.6) is 0 Å². The first-order valence-electron chi connectivity index (χ1n) is 5.17. The van der Waals surface area contributed by atoms with Crippen LogP contribution in [0.15, 0.2) is 4.99 Å². The van der Waals surface area contributed by atoms with Gasteiger partial charge in [-0.15, -0.1) is 11.8 Å². The second-order valence-electron chi connectivity index (χ2n) is 4.19. The maximum atomic E-state index is 11.6. The number of thioether (sulfide) groups is 1. The lowest BCUT2D eigenvalue weighted by Gasteiger charge is -2.44. The first-order chi connectivity index (χ1) is 7.06. The van der Waals surface area contributed by atoms with Crippen LogP contribution in [0.3, 0.4) is 0 Å². The quantitative estimate of drug-likeness (QED) is 0.722. The summed E-state index contributed by atoms with van der Waals surface area (Å²) in [7, 11) is 0. The number of hydrogen-bond donors (Lipinski definition) is 1. The summed E-state index contributed by atoms with van der Waals surface area (Å²) in [5, 5.41) is 1.32. The van der Waals surface area contributed by atoms with Gasteiger partial charge in [-0.2, -0.15) is 0 Å². The van der Waals surface area contributed by atoms with Gasteiger partial charge in [0, 0.05) is 17.8 Å². The molecule has 2 aliphatic rings. The molecule has 3 unspecified atom stereocenters. The van der Waals surface area contributed by atoms with Gasteiger partial charge in [-0.05, 0) is 13.3 Å². The smallest absolute Gasteiger partial charge is 0.248 e. The van der Waals surface area contributed by atoms with Crippen LogP contribution in [0, 0.1) is 5.92 Å². The van der Waals surface area contributed by atoms with E-state index in [9.17, 15) is 4.79 Å². The maximum Gasteiger partial charge on any atom is 0.248 e. The molecular weight excluding hydrogens is 212 g/mol. The van der Waals surface area contributed by atoms with Gasteiger partial charge in [-0.3, -0.25) is 9.79 Å². The number of carbonyl (C=O) groups excluding carboxylic acids is 1. The van der Waals surface area contributed by atoms with Gasteiger partial charge in [0.1, 0.15) is 0 Å². The van der Waals surface area contributed by atoms with Gasteiger partial charge in [-0.1, -0.05) is 6.92 Å². The average Bonchev–Trinajstić information content (AvgIpc) is 2.17. The van der Waals surface area contributed by atoms with Gasteiger partial charge in [0.25, 0.3) is 0 Å². The van der Waals surface area contributed by atoms with E-state index < -0.39 is 5.54 Å². The van der Waals surface area contributed by atoms with Gasteiger partial charge in [0.05, 0.1) is 11.7 Å². The maximum absolute atomic E-state index is 11.6. The largest absolute Gasteiger partial charge is 0.378 e. The van der Waals surface area contributed by atoms with Crippen LogP contribution in [0.4, 0.5) is 0 Å². The molecule has 15 heavy (non-hydrogen) atoms. The van der Waals surface area contributed by atoms with Crippen molar-refractivity contribution in [2.45, 2.75) is 31.1 Å². The minimum Gasteiger partial charge on any atom is -0.378 e. The zero-order valence-corrected chi connectivity index (χ0v) is 9.84. The summed E-state index contributed by atoms with van der Waals surface area (Å²) in [4.78, 5) is 16.1. The van der Waals surface area contributed by atoms with Gasteiger partial charge in [0.2, 0.25) is 5.91 Å². The molecule has 0 aromatic carbocycles. The Bertz CT molecular complexity index is 319. The van der Waals surface area contributed by atoms with Crippen molar-refractivity contribution in [2.75, 3.05) is 13.2 Å². The van der Waals surface area contributed by atoms with Crippen molar-refractivity contribution in [3.05, 3.63) is 0 Å². The fourth-order valence-corrected chi connectivity index (χ4v) is 3.77. The molecule has 0 saturated carbocycles. The van der Waals surface area contributed by atoms with Crippen molar-refractivity contribution >= 4 is 22.7 Å². The number of amides is 1. The summed E-state index contributed by atoms with van der Waals surface area (Å²) in [5.74, 6) is -0.129. The predicted molar refractivity (Wildman–Crippen MR) is 61.0 cm³/mol. The Morgan fingerprint density at radius 3 is 3.13 bits per heavy atom. The topological polar surface area (TPSA) is 64.7 Å². The summed E-state index contributed by atoms with van der Waals surface area (Å²) >= 11 is 1.73. The Hall–Kier alpha value is -0.550. The Labute approximate surface area is 93.6 Å². The highest BCUT2D eigenvalue weighted by Gasteiger charge is 2.51. The molecule has 0 radical (unpaired) electrons. The molecule has 1 fully saturated rings. The molecule has 0 spiro atoms. The number of aliphatic imine (C=N–C) groups is 1. The van der Waals surface area contributed by atoms with E-state index in [1.54, 1.807) is 11.8 Å². The monoisotopic (exact) mass is 228 g/mol. The number of hydrogen-bond acceptors (Lipinski definition) is 4. The molecule has 1 amide bonds. The van der Waals surface area contributed by atoms with Crippen molar-refractivity contribution in [3.8, 4) is 0 Å². The first-order valence-corrected chi connectivity index (χ1v) is 6.05. The number of fused-ring (bicyclic) bond motifs is 1. The van der Waals surface area contributed by atoms with Crippen molar-refractivity contribution < 1.29 is 9.53 Å². The number of nitrogens with two attached hydrogens (primary N) is 1. The van der Waals surface area contributed by atoms with Crippen LogP contribution >= 0.6 is 11.8 Å². The summed E-state index contributed by atoms with van der Waals surface area (Å²) in [6.45, 7) is 5.11. The molecule has 5 heteroatoms. The van der Waals surface area contributed by atoms with E-state index in [-0.39, 0.29) is 11.8 Å². The third-order valence-electron chi connectivity index (χ3n) is 3.22. The minimum atomic E-state index is -0.799. The molecule has 0 aliphatic carbocycles. The van der Waals surface area contributed by atoms with Gasteiger partial charge in [-0.25, -0.2) is 0 Å². The lowest BCUT2D eigenvalue weighted by Crippen LogP contribution is -2.59. The van der Waals surface area contributed by atoms with Crippen LogP contribution in [0.2, 0.25) is 0 Å². The summed E-state index contributed by atoms with van der Waals surface area (Å²) in [6, 6.07) is 0.